The number of hydrogen-bond donors (Lipinski definition) is 0. The third-order valence-corrected chi connectivity index (χ3v) is 12.9. The Hall–Kier alpha value is -7.74. The van der Waals surface area contributed by atoms with Gasteiger partial charge in [-0.2, -0.15) is 0 Å². The van der Waals surface area contributed by atoms with Gasteiger partial charge >= 0.3 is 0 Å². The minimum Gasteiger partial charge on any atom is -0.310 e. The zero-order valence-electron chi connectivity index (χ0n) is 35.0. The molecule has 0 fully saturated rings. The summed E-state index contributed by atoms with van der Waals surface area (Å²) in [5.41, 5.74) is 20.7. The zero-order chi connectivity index (χ0) is 41.6. The normalized spacial score (nSPS) is 12.5. The SMILES string of the molecule is CC1(C)c2cc(N(c3ccc(-c4cccc5cccc(-c6ccccc6)c45)cc3)c3ccccc3-c3ccccc3)ccc2-c2cccc(-c3cccc(-c4ccccc4)c3)c21. The number of hydrogen-bond acceptors (Lipinski definition) is 1. The lowest BCUT2D eigenvalue weighted by Crippen LogP contribution is -2.18. The van der Waals surface area contributed by atoms with E-state index in [2.05, 4.69) is 255 Å². The fourth-order valence-electron chi connectivity index (χ4n) is 9.93. The Bertz CT molecular complexity index is 3230. The van der Waals surface area contributed by atoms with Crippen molar-refractivity contribution in [3.8, 4) is 66.8 Å². The number of anilines is 3. The Morgan fingerprint density at radius 2 is 0.790 bits per heavy atom. The molecule has 0 N–H and O–H groups in total. The zero-order valence-corrected chi connectivity index (χ0v) is 35.0. The predicted octanol–water partition coefficient (Wildman–Crippen LogP) is 17.0. The van der Waals surface area contributed by atoms with Crippen molar-refractivity contribution in [2.75, 3.05) is 4.90 Å². The highest BCUT2D eigenvalue weighted by Crippen LogP contribution is 2.54. The largest absolute Gasteiger partial charge is 0.310 e. The first kappa shape index (κ1) is 37.3. The molecule has 0 spiro atoms. The molecule has 1 heteroatoms. The third-order valence-electron chi connectivity index (χ3n) is 12.9. The fourth-order valence-corrected chi connectivity index (χ4v) is 9.93. The monoisotopic (exact) mass is 791 g/mol. The Labute approximate surface area is 364 Å². The molecule has 1 nitrogen and oxygen atoms in total. The van der Waals surface area contributed by atoms with Gasteiger partial charge in [-0.1, -0.05) is 214 Å². The van der Waals surface area contributed by atoms with Crippen LogP contribution in [0.2, 0.25) is 0 Å². The van der Waals surface area contributed by atoms with E-state index in [1.165, 1.54) is 88.7 Å². The lowest BCUT2D eigenvalue weighted by Gasteiger charge is -2.30. The molecule has 1 aliphatic carbocycles. The lowest BCUT2D eigenvalue weighted by atomic mass is 9.78. The summed E-state index contributed by atoms with van der Waals surface area (Å²) in [4.78, 5) is 2.45. The van der Waals surface area contributed by atoms with Crippen LogP contribution in [-0.2, 0) is 5.41 Å². The Morgan fingerprint density at radius 3 is 1.48 bits per heavy atom. The molecule has 0 atom stereocenters. The van der Waals surface area contributed by atoms with E-state index >= 15 is 0 Å². The first-order valence-corrected chi connectivity index (χ1v) is 21.6. The van der Waals surface area contributed by atoms with Crippen LogP contribution in [0.25, 0.3) is 77.5 Å². The topological polar surface area (TPSA) is 3.24 Å². The third kappa shape index (κ3) is 6.42. The number of fused-ring (bicyclic) bond motifs is 4. The molecule has 10 aromatic rings. The van der Waals surface area contributed by atoms with E-state index in [1.807, 2.05) is 0 Å². The molecular formula is C61H45N. The summed E-state index contributed by atoms with van der Waals surface area (Å²) in [5, 5.41) is 2.51. The van der Waals surface area contributed by atoms with E-state index in [1.54, 1.807) is 0 Å². The summed E-state index contributed by atoms with van der Waals surface area (Å²) in [6, 6.07) is 86.5. The lowest BCUT2D eigenvalue weighted by molar-refractivity contribution is 0.662. The van der Waals surface area contributed by atoms with Gasteiger partial charge < -0.3 is 4.90 Å². The van der Waals surface area contributed by atoms with E-state index in [9.17, 15) is 0 Å². The highest BCUT2D eigenvalue weighted by molar-refractivity contribution is 6.06. The molecule has 0 saturated heterocycles. The van der Waals surface area contributed by atoms with Crippen molar-refractivity contribution in [2.45, 2.75) is 19.3 Å². The van der Waals surface area contributed by atoms with E-state index in [-0.39, 0.29) is 5.41 Å². The maximum Gasteiger partial charge on any atom is 0.0540 e. The summed E-state index contributed by atoms with van der Waals surface area (Å²) in [7, 11) is 0. The molecule has 0 unspecified atom stereocenters. The van der Waals surface area contributed by atoms with E-state index in [4.69, 9.17) is 0 Å². The standard InChI is InChI=1S/C61H45N/c1-61(2)57-41-50(38-39-55(57)56-32-17-31-54(60(56)61)48-27-14-26-47(40-48)42-18-6-3-7-19-42)62(58-33-13-12-28-51(58)43-20-8-4-9-21-43)49-36-34-45(35-37-49)53-30-16-25-46-24-15-29-52(59(46)53)44-22-10-5-11-23-44/h3-41H,1-2H3. The summed E-state index contributed by atoms with van der Waals surface area (Å²) in [6.07, 6.45) is 0. The minimum atomic E-state index is -0.251. The Kier molecular flexibility index (Phi) is 9.24. The Morgan fingerprint density at radius 1 is 0.306 bits per heavy atom. The smallest absolute Gasteiger partial charge is 0.0540 e. The van der Waals surface area contributed by atoms with Crippen LogP contribution in [0, 0.1) is 0 Å². The maximum absolute atomic E-state index is 2.45. The second-order valence-corrected chi connectivity index (χ2v) is 16.9. The van der Waals surface area contributed by atoms with Gasteiger partial charge in [0.25, 0.3) is 0 Å². The molecule has 0 amide bonds. The van der Waals surface area contributed by atoms with Crippen molar-refractivity contribution in [1.29, 1.82) is 0 Å². The van der Waals surface area contributed by atoms with Crippen LogP contribution in [0.5, 0.6) is 0 Å². The summed E-state index contributed by atoms with van der Waals surface area (Å²) >= 11 is 0. The van der Waals surface area contributed by atoms with E-state index in [0.29, 0.717) is 0 Å². The van der Waals surface area contributed by atoms with Crippen LogP contribution < -0.4 is 4.90 Å². The first-order valence-electron chi connectivity index (χ1n) is 21.6. The predicted molar refractivity (Wildman–Crippen MR) is 263 cm³/mol. The fraction of sp³-hybridized carbons (Fsp3) is 0.0492. The molecule has 10 aromatic carbocycles. The quantitative estimate of drug-likeness (QED) is 0.148. The van der Waals surface area contributed by atoms with Gasteiger partial charge in [-0.15, -0.1) is 0 Å². The van der Waals surface area contributed by atoms with Crippen LogP contribution in [0.4, 0.5) is 17.1 Å². The van der Waals surface area contributed by atoms with Crippen molar-refractivity contribution >= 4 is 27.8 Å². The number of nitrogens with zero attached hydrogens (tertiary/aromatic N) is 1. The number of rotatable bonds is 8. The molecular weight excluding hydrogens is 747 g/mol. The van der Waals surface area contributed by atoms with Gasteiger partial charge in [0.2, 0.25) is 0 Å². The molecule has 62 heavy (non-hydrogen) atoms. The van der Waals surface area contributed by atoms with E-state index < -0.39 is 0 Å². The van der Waals surface area contributed by atoms with Crippen molar-refractivity contribution in [3.63, 3.8) is 0 Å². The molecule has 0 radical (unpaired) electrons. The van der Waals surface area contributed by atoms with Crippen LogP contribution in [0.15, 0.2) is 237 Å². The second kappa shape index (κ2) is 15.4. The molecule has 0 aliphatic heterocycles. The van der Waals surface area contributed by atoms with Crippen molar-refractivity contribution in [2.24, 2.45) is 0 Å². The van der Waals surface area contributed by atoms with Gasteiger partial charge in [-0.3, -0.25) is 0 Å². The average Bonchev–Trinajstić information content (AvgIpc) is 3.57. The summed E-state index contributed by atoms with van der Waals surface area (Å²) < 4.78 is 0. The van der Waals surface area contributed by atoms with Crippen LogP contribution in [0.1, 0.15) is 25.0 Å². The van der Waals surface area contributed by atoms with Gasteiger partial charge in [0.1, 0.15) is 0 Å². The Balaban J connectivity index is 1.04. The van der Waals surface area contributed by atoms with Gasteiger partial charge in [-0.05, 0) is 119 Å². The molecule has 0 saturated carbocycles. The average molecular weight is 792 g/mol. The summed E-state index contributed by atoms with van der Waals surface area (Å²) in [5.74, 6) is 0. The minimum absolute atomic E-state index is 0.251. The molecule has 294 valence electrons. The highest BCUT2D eigenvalue weighted by atomic mass is 15.1. The summed E-state index contributed by atoms with van der Waals surface area (Å²) in [6.45, 7) is 4.80. The number of para-hydroxylation sites is 1. The second-order valence-electron chi connectivity index (χ2n) is 16.9. The first-order chi connectivity index (χ1) is 30.5. The number of benzene rings is 10. The molecule has 1 aliphatic rings. The van der Waals surface area contributed by atoms with Crippen molar-refractivity contribution in [3.05, 3.63) is 248 Å². The van der Waals surface area contributed by atoms with E-state index in [0.717, 1.165) is 17.1 Å². The van der Waals surface area contributed by atoms with Crippen molar-refractivity contribution < 1.29 is 0 Å². The van der Waals surface area contributed by atoms with Gasteiger partial charge in [0.05, 0.1) is 5.69 Å². The van der Waals surface area contributed by atoms with Crippen LogP contribution >= 0.6 is 0 Å². The van der Waals surface area contributed by atoms with Crippen molar-refractivity contribution in [1.82, 2.24) is 0 Å². The molecule has 11 rings (SSSR count). The molecule has 0 bridgehead atoms. The molecule has 0 heterocycles. The molecule has 0 aromatic heterocycles. The van der Waals surface area contributed by atoms with Gasteiger partial charge in [0.15, 0.2) is 0 Å². The van der Waals surface area contributed by atoms with Gasteiger partial charge in [0, 0.05) is 22.4 Å². The van der Waals surface area contributed by atoms with Crippen LogP contribution in [-0.4, -0.2) is 0 Å². The maximum atomic E-state index is 2.45. The van der Waals surface area contributed by atoms with Crippen LogP contribution in [0.3, 0.4) is 0 Å². The van der Waals surface area contributed by atoms with Gasteiger partial charge in [-0.25, -0.2) is 0 Å². The highest BCUT2D eigenvalue weighted by Gasteiger charge is 2.38.